The maximum Gasteiger partial charge on any atom is 0.338 e. The standard InChI is InChI=1S/C18H16FN3O3.H2O/c19-8-2-1-3-9(6-8)20-18(25)21-22-16(23)14-10-4-5-11(13-7-12(10)13)15(14)17(22)24;/h1-6,10-15H,7H2,(H2,20,21,25);1H2. The lowest BCUT2D eigenvalue weighted by atomic mass is 9.63. The lowest BCUT2D eigenvalue weighted by Gasteiger charge is -2.37. The van der Waals surface area contributed by atoms with Gasteiger partial charge in [0.15, 0.2) is 0 Å². The Morgan fingerprint density at radius 2 is 1.69 bits per heavy atom. The van der Waals surface area contributed by atoms with Crippen molar-refractivity contribution in [3.8, 4) is 0 Å². The van der Waals surface area contributed by atoms with Gasteiger partial charge in [0.2, 0.25) is 0 Å². The molecule has 0 aromatic heterocycles. The van der Waals surface area contributed by atoms with Gasteiger partial charge in [-0.25, -0.2) is 14.6 Å². The number of imide groups is 1. The zero-order valence-corrected chi connectivity index (χ0v) is 13.7. The number of hydrogen-bond donors (Lipinski definition) is 2. The van der Waals surface area contributed by atoms with Gasteiger partial charge in [0, 0.05) is 5.69 Å². The molecule has 136 valence electrons. The molecule has 0 radical (unpaired) electrons. The van der Waals surface area contributed by atoms with Crippen LogP contribution < -0.4 is 10.7 Å². The predicted octanol–water partition coefficient (Wildman–Crippen LogP) is 1.09. The van der Waals surface area contributed by atoms with Crippen LogP contribution in [0.5, 0.6) is 0 Å². The number of anilines is 1. The molecule has 2 saturated carbocycles. The Morgan fingerprint density at radius 3 is 2.27 bits per heavy atom. The monoisotopic (exact) mass is 359 g/mol. The first kappa shape index (κ1) is 16.7. The first-order valence-corrected chi connectivity index (χ1v) is 8.44. The highest BCUT2D eigenvalue weighted by atomic mass is 19.1. The average Bonchev–Trinajstić information content (AvgIpc) is 3.36. The van der Waals surface area contributed by atoms with Crippen LogP contribution in [0.15, 0.2) is 36.4 Å². The molecule has 1 saturated heterocycles. The van der Waals surface area contributed by atoms with E-state index in [0.717, 1.165) is 17.5 Å². The van der Waals surface area contributed by atoms with Crippen LogP contribution in [-0.4, -0.2) is 28.3 Å². The highest BCUT2D eigenvalue weighted by molar-refractivity contribution is 6.07. The van der Waals surface area contributed by atoms with Gasteiger partial charge in [-0.05, 0) is 48.3 Å². The largest absolute Gasteiger partial charge is 0.412 e. The fraction of sp³-hybridized carbons (Fsp3) is 0.389. The number of halogens is 1. The zero-order chi connectivity index (χ0) is 17.3. The topological polar surface area (TPSA) is 110 Å². The zero-order valence-electron chi connectivity index (χ0n) is 13.7. The summed E-state index contributed by atoms with van der Waals surface area (Å²) in [6, 6.07) is 4.66. The molecule has 2 bridgehead atoms. The van der Waals surface area contributed by atoms with Gasteiger partial charge in [-0.1, -0.05) is 18.2 Å². The van der Waals surface area contributed by atoms with Crippen LogP contribution in [0.2, 0.25) is 0 Å². The third-order valence-electron chi connectivity index (χ3n) is 5.96. The van der Waals surface area contributed by atoms with Gasteiger partial charge in [0.05, 0.1) is 11.8 Å². The van der Waals surface area contributed by atoms with Crippen LogP contribution in [0, 0.1) is 41.3 Å². The number of hydrazine groups is 1. The van der Waals surface area contributed by atoms with Crippen molar-refractivity contribution in [3.05, 3.63) is 42.2 Å². The Balaban J connectivity index is 0.00000168. The molecule has 1 heterocycles. The molecule has 7 nitrogen and oxygen atoms in total. The molecule has 4 aliphatic carbocycles. The van der Waals surface area contributed by atoms with Crippen molar-refractivity contribution < 1.29 is 24.3 Å². The summed E-state index contributed by atoms with van der Waals surface area (Å²) in [7, 11) is 0. The number of carbonyl (C=O) groups is 3. The first-order chi connectivity index (χ1) is 12.0. The smallest absolute Gasteiger partial charge is 0.338 e. The van der Waals surface area contributed by atoms with Crippen LogP contribution in [0.1, 0.15) is 6.42 Å². The summed E-state index contributed by atoms with van der Waals surface area (Å²) in [4.78, 5) is 37.6. The molecule has 4 N–H and O–H groups in total. The predicted molar refractivity (Wildman–Crippen MR) is 88.7 cm³/mol. The molecule has 1 aliphatic heterocycles. The molecule has 8 heteroatoms. The minimum Gasteiger partial charge on any atom is -0.412 e. The summed E-state index contributed by atoms with van der Waals surface area (Å²) in [5.74, 6) is -0.657. The molecule has 26 heavy (non-hydrogen) atoms. The molecule has 1 aromatic rings. The Hall–Kier alpha value is -2.74. The number of benzene rings is 1. The minimum absolute atomic E-state index is 0. The second kappa shape index (κ2) is 5.63. The van der Waals surface area contributed by atoms with E-state index in [1.807, 2.05) is 0 Å². The number of allylic oxidation sites excluding steroid dienone is 2. The number of hydrogen-bond acceptors (Lipinski definition) is 3. The normalized spacial score (nSPS) is 35.5. The molecule has 6 unspecified atom stereocenters. The highest BCUT2D eigenvalue weighted by Crippen LogP contribution is 2.65. The Labute approximate surface area is 148 Å². The van der Waals surface area contributed by atoms with Gasteiger partial charge in [-0.15, -0.1) is 0 Å². The second-order valence-electron chi connectivity index (χ2n) is 7.24. The minimum atomic E-state index is -0.739. The van der Waals surface area contributed by atoms with E-state index < -0.39 is 11.8 Å². The van der Waals surface area contributed by atoms with E-state index >= 15 is 0 Å². The highest BCUT2D eigenvalue weighted by Gasteiger charge is 2.67. The van der Waals surface area contributed by atoms with Crippen molar-refractivity contribution in [2.75, 3.05) is 5.32 Å². The van der Waals surface area contributed by atoms with E-state index in [-0.39, 0.29) is 46.6 Å². The van der Waals surface area contributed by atoms with Crippen LogP contribution in [0.25, 0.3) is 0 Å². The van der Waals surface area contributed by atoms with Gasteiger partial charge in [0.25, 0.3) is 11.8 Å². The number of amides is 4. The fourth-order valence-electron chi connectivity index (χ4n) is 4.89. The van der Waals surface area contributed by atoms with Crippen LogP contribution in [0.3, 0.4) is 0 Å². The molecule has 1 aromatic carbocycles. The Bertz CT molecular complexity index is 805. The van der Waals surface area contributed by atoms with Crippen LogP contribution in [0.4, 0.5) is 14.9 Å². The summed E-state index contributed by atoms with van der Waals surface area (Å²) in [6.07, 6.45) is 5.23. The Kier molecular flexibility index (Phi) is 3.62. The summed E-state index contributed by atoms with van der Waals surface area (Å²) in [5, 5.41) is 3.28. The van der Waals surface area contributed by atoms with E-state index in [0.29, 0.717) is 11.8 Å². The SMILES string of the molecule is O.O=C(Nc1cccc(F)c1)NN1C(=O)C2C3C=CC(C4CC34)C2C1=O. The van der Waals surface area contributed by atoms with E-state index in [9.17, 15) is 18.8 Å². The van der Waals surface area contributed by atoms with Crippen LogP contribution in [-0.2, 0) is 9.59 Å². The van der Waals surface area contributed by atoms with Crippen molar-refractivity contribution >= 4 is 23.5 Å². The molecule has 4 amide bonds. The quantitative estimate of drug-likeness (QED) is 0.609. The molecule has 6 rings (SSSR count). The van der Waals surface area contributed by atoms with Crippen LogP contribution >= 0.6 is 0 Å². The van der Waals surface area contributed by atoms with Crippen molar-refractivity contribution in [2.24, 2.45) is 35.5 Å². The summed E-state index contributed by atoms with van der Waals surface area (Å²) < 4.78 is 13.2. The van der Waals surface area contributed by atoms with Gasteiger partial charge >= 0.3 is 6.03 Å². The Morgan fingerprint density at radius 1 is 1.08 bits per heavy atom. The lowest BCUT2D eigenvalue weighted by Crippen LogP contribution is -2.48. The van der Waals surface area contributed by atoms with Crippen molar-refractivity contribution in [3.63, 3.8) is 0 Å². The number of rotatable bonds is 2. The van der Waals surface area contributed by atoms with Crippen molar-refractivity contribution in [2.45, 2.75) is 6.42 Å². The first-order valence-electron chi connectivity index (χ1n) is 8.44. The maximum atomic E-state index is 13.2. The van der Waals surface area contributed by atoms with Gasteiger partial charge < -0.3 is 10.8 Å². The van der Waals surface area contributed by atoms with Gasteiger partial charge in [-0.3, -0.25) is 9.59 Å². The second-order valence-corrected chi connectivity index (χ2v) is 7.24. The van der Waals surface area contributed by atoms with Crippen molar-refractivity contribution in [1.82, 2.24) is 10.4 Å². The van der Waals surface area contributed by atoms with E-state index in [4.69, 9.17) is 0 Å². The number of carbonyl (C=O) groups excluding carboxylic acids is 3. The molecular formula is C18H18FN3O4. The van der Waals surface area contributed by atoms with Gasteiger partial charge in [-0.2, -0.15) is 5.01 Å². The van der Waals surface area contributed by atoms with Crippen molar-refractivity contribution in [1.29, 1.82) is 0 Å². The lowest BCUT2D eigenvalue weighted by molar-refractivity contribution is -0.142. The maximum absolute atomic E-state index is 13.2. The molecule has 3 fully saturated rings. The molecular weight excluding hydrogens is 341 g/mol. The van der Waals surface area contributed by atoms with Gasteiger partial charge in [0.1, 0.15) is 5.82 Å². The number of nitrogens with zero attached hydrogens (tertiary/aromatic N) is 1. The number of urea groups is 1. The summed E-state index contributed by atoms with van der Waals surface area (Å²) >= 11 is 0. The average molecular weight is 359 g/mol. The molecule has 0 spiro atoms. The van der Waals surface area contributed by atoms with E-state index in [1.54, 1.807) is 0 Å². The summed E-state index contributed by atoms with van der Waals surface area (Å²) in [6.45, 7) is 0. The number of nitrogens with one attached hydrogen (secondary N) is 2. The molecule has 6 atom stereocenters. The fourth-order valence-corrected chi connectivity index (χ4v) is 4.89. The third kappa shape index (κ3) is 2.25. The van der Waals surface area contributed by atoms with E-state index in [1.165, 1.54) is 18.2 Å². The summed E-state index contributed by atoms with van der Waals surface area (Å²) in [5.41, 5.74) is 2.58. The third-order valence-corrected chi connectivity index (χ3v) is 5.96. The van der Waals surface area contributed by atoms with E-state index in [2.05, 4.69) is 22.9 Å². The molecule has 5 aliphatic rings.